The summed E-state index contributed by atoms with van der Waals surface area (Å²) in [7, 11) is 0. The van der Waals surface area contributed by atoms with Crippen molar-refractivity contribution in [3.63, 3.8) is 0 Å². The second-order valence-corrected chi connectivity index (χ2v) is 1.53. The Bertz CT molecular complexity index is 179. The van der Waals surface area contributed by atoms with E-state index >= 15 is 0 Å². The first-order valence-corrected chi connectivity index (χ1v) is 2.44. The van der Waals surface area contributed by atoms with Crippen LogP contribution in [0.4, 0.5) is 0 Å². The number of hydrogen-bond donors (Lipinski definition) is 0. The van der Waals surface area contributed by atoms with Gasteiger partial charge in [0.25, 0.3) is 0 Å². The Morgan fingerprint density at radius 2 is 1.78 bits per heavy atom. The average molecular weight is 148 g/mol. The van der Waals surface area contributed by atoms with Crippen LogP contribution in [0.5, 0.6) is 0 Å². The van der Waals surface area contributed by atoms with Crippen molar-refractivity contribution in [1.29, 1.82) is 0 Å². The van der Waals surface area contributed by atoms with Crippen LogP contribution in [0.15, 0.2) is 30.3 Å². The van der Waals surface area contributed by atoms with Crippen LogP contribution in [0.2, 0.25) is 0 Å². The van der Waals surface area contributed by atoms with E-state index < -0.39 is 0 Å². The van der Waals surface area contributed by atoms with Crippen LogP contribution in [0, 0.1) is 0 Å². The molecule has 0 bridgehead atoms. The summed E-state index contributed by atoms with van der Waals surface area (Å²) in [4.78, 5) is 10.0. The first-order valence-electron chi connectivity index (χ1n) is 2.44. The van der Waals surface area contributed by atoms with Gasteiger partial charge in [0.05, 0.1) is 0 Å². The van der Waals surface area contributed by atoms with E-state index in [4.69, 9.17) is 0 Å². The molecule has 0 unspecified atom stereocenters. The Kier molecular flexibility index (Phi) is 5.06. The standard InChI is InChI=1S/C7H6O.Ca.2H/c8-6-7-4-2-1-3-5-7;;;/h1-6H;;;/q;+2;2*-1. The van der Waals surface area contributed by atoms with E-state index in [2.05, 4.69) is 0 Å². The van der Waals surface area contributed by atoms with Gasteiger partial charge < -0.3 is 2.85 Å². The molecule has 1 rings (SSSR count). The monoisotopic (exact) mass is 148 g/mol. The molecule has 0 aliphatic carbocycles. The maximum absolute atomic E-state index is 10.0. The van der Waals surface area contributed by atoms with Gasteiger partial charge in [0.1, 0.15) is 6.29 Å². The fraction of sp³-hybridized carbons (Fsp3) is 0. The molecule has 0 aromatic heterocycles. The Morgan fingerprint density at radius 3 is 2.11 bits per heavy atom. The zero-order valence-electron chi connectivity index (χ0n) is 7.08. The molecule has 0 spiro atoms. The molecule has 0 N–H and O–H groups in total. The molecule has 0 saturated carbocycles. The molecule has 0 radical (unpaired) electrons. The van der Waals surface area contributed by atoms with Crippen molar-refractivity contribution in [3.8, 4) is 0 Å². The smallest absolute Gasteiger partial charge is 1.00 e. The molecule has 0 aliphatic rings. The second kappa shape index (κ2) is 4.98. The summed E-state index contributed by atoms with van der Waals surface area (Å²) in [5.41, 5.74) is 0.729. The van der Waals surface area contributed by atoms with Crippen molar-refractivity contribution in [3.05, 3.63) is 35.9 Å². The summed E-state index contributed by atoms with van der Waals surface area (Å²) in [6, 6.07) is 9.10. The van der Waals surface area contributed by atoms with Crippen molar-refractivity contribution in [1.82, 2.24) is 0 Å². The molecule has 0 aliphatic heterocycles. The fourth-order valence-electron chi connectivity index (χ4n) is 0.532. The molecular weight excluding hydrogens is 140 g/mol. The van der Waals surface area contributed by atoms with Crippen LogP contribution in [-0.2, 0) is 0 Å². The topological polar surface area (TPSA) is 17.1 Å². The Hall–Kier alpha value is 0.150. The largest absolute Gasteiger partial charge is 2.00 e. The third-order valence-electron chi connectivity index (χ3n) is 0.936. The summed E-state index contributed by atoms with van der Waals surface area (Å²) < 4.78 is 0. The average Bonchev–Trinajstić information content (AvgIpc) is 1.90. The predicted molar refractivity (Wildman–Crippen MR) is 39.8 cm³/mol. The zero-order chi connectivity index (χ0) is 5.82. The quantitative estimate of drug-likeness (QED) is 0.434. The molecule has 1 aromatic rings. The maximum atomic E-state index is 10.0. The molecule has 1 aromatic carbocycles. The van der Waals surface area contributed by atoms with Gasteiger partial charge in [-0.2, -0.15) is 0 Å². The van der Waals surface area contributed by atoms with Gasteiger partial charge in [0.15, 0.2) is 0 Å². The number of aldehydes is 1. The van der Waals surface area contributed by atoms with Gasteiger partial charge in [0.2, 0.25) is 0 Å². The van der Waals surface area contributed by atoms with Gasteiger partial charge >= 0.3 is 37.7 Å². The molecule has 0 atom stereocenters. The molecule has 0 heterocycles. The van der Waals surface area contributed by atoms with Crippen LogP contribution >= 0.6 is 0 Å². The minimum atomic E-state index is 0. The van der Waals surface area contributed by atoms with Crippen molar-refractivity contribution < 1.29 is 7.65 Å². The van der Waals surface area contributed by atoms with E-state index in [1.165, 1.54) is 0 Å². The van der Waals surface area contributed by atoms with E-state index in [1.54, 1.807) is 12.1 Å². The molecule has 44 valence electrons. The Labute approximate surface area is 87.0 Å². The molecule has 0 saturated heterocycles. The van der Waals surface area contributed by atoms with Crippen molar-refractivity contribution in [2.24, 2.45) is 0 Å². The molecular formula is C7H8CaO. The summed E-state index contributed by atoms with van der Waals surface area (Å²) in [6.45, 7) is 0. The number of benzene rings is 1. The van der Waals surface area contributed by atoms with Gasteiger partial charge in [-0.25, -0.2) is 0 Å². The third-order valence-corrected chi connectivity index (χ3v) is 0.936. The molecule has 1 nitrogen and oxygen atoms in total. The Morgan fingerprint density at radius 1 is 1.22 bits per heavy atom. The zero-order valence-corrected chi connectivity index (χ0v) is 7.29. The fourth-order valence-corrected chi connectivity index (χ4v) is 0.532. The first-order chi connectivity index (χ1) is 3.93. The van der Waals surface area contributed by atoms with Crippen LogP contribution in [0.3, 0.4) is 0 Å². The summed E-state index contributed by atoms with van der Waals surface area (Å²) in [5.74, 6) is 0. The first kappa shape index (κ1) is 9.15. The van der Waals surface area contributed by atoms with Crippen LogP contribution in [0.1, 0.15) is 13.2 Å². The summed E-state index contributed by atoms with van der Waals surface area (Å²) in [5, 5.41) is 0. The van der Waals surface area contributed by atoms with E-state index in [-0.39, 0.29) is 40.6 Å². The van der Waals surface area contributed by atoms with Crippen molar-refractivity contribution in [2.45, 2.75) is 0 Å². The third kappa shape index (κ3) is 2.99. The summed E-state index contributed by atoms with van der Waals surface area (Å²) >= 11 is 0. The number of carbonyl (C=O) groups excluding carboxylic acids is 1. The minimum absolute atomic E-state index is 0. The molecule has 9 heavy (non-hydrogen) atoms. The predicted octanol–water partition coefficient (Wildman–Crippen LogP) is 1.34. The Balaban J connectivity index is -0.000000213. The van der Waals surface area contributed by atoms with E-state index in [0.717, 1.165) is 11.8 Å². The summed E-state index contributed by atoms with van der Waals surface area (Å²) in [6.07, 6.45) is 0.833. The number of rotatable bonds is 1. The normalized spacial score (nSPS) is 7.56. The van der Waals surface area contributed by atoms with E-state index in [9.17, 15) is 4.79 Å². The number of carbonyl (C=O) groups is 1. The van der Waals surface area contributed by atoms with E-state index in [0.29, 0.717) is 0 Å². The van der Waals surface area contributed by atoms with Gasteiger partial charge in [-0.1, -0.05) is 30.3 Å². The van der Waals surface area contributed by atoms with Gasteiger partial charge in [-0.05, 0) is 0 Å². The van der Waals surface area contributed by atoms with Crippen molar-refractivity contribution >= 4 is 44.0 Å². The van der Waals surface area contributed by atoms with Crippen molar-refractivity contribution in [2.75, 3.05) is 0 Å². The van der Waals surface area contributed by atoms with Gasteiger partial charge in [0, 0.05) is 5.56 Å². The van der Waals surface area contributed by atoms with Gasteiger partial charge in [-0.15, -0.1) is 0 Å². The SMILES string of the molecule is O=Cc1ccccc1.[Ca+2].[H-].[H-]. The molecule has 0 fully saturated rings. The second-order valence-electron chi connectivity index (χ2n) is 1.53. The molecule has 0 amide bonds. The van der Waals surface area contributed by atoms with E-state index in [1.807, 2.05) is 18.2 Å². The van der Waals surface area contributed by atoms with Crippen LogP contribution < -0.4 is 0 Å². The number of hydrogen-bond acceptors (Lipinski definition) is 1. The van der Waals surface area contributed by atoms with Crippen LogP contribution in [0.25, 0.3) is 0 Å². The van der Waals surface area contributed by atoms with Gasteiger partial charge in [-0.3, -0.25) is 4.79 Å². The minimum Gasteiger partial charge on any atom is -1.00 e. The molecule has 2 heteroatoms. The maximum Gasteiger partial charge on any atom is 2.00 e. The van der Waals surface area contributed by atoms with Crippen LogP contribution in [-0.4, -0.2) is 44.0 Å².